The van der Waals surface area contributed by atoms with Gasteiger partial charge in [0.15, 0.2) is 0 Å². The average Bonchev–Trinajstić information content (AvgIpc) is 2.28. The molecule has 90 valence electrons. The van der Waals surface area contributed by atoms with Crippen LogP contribution in [-0.4, -0.2) is 22.3 Å². The first-order valence-corrected chi connectivity index (χ1v) is 7.30. The van der Waals surface area contributed by atoms with E-state index in [2.05, 4.69) is 11.4 Å². The number of nitrogens with one attached hydrogen (secondary N) is 1. The Morgan fingerprint density at radius 2 is 2.19 bits per heavy atom. The molecule has 1 aromatic rings. The van der Waals surface area contributed by atoms with Crippen molar-refractivity contribution in [3.8, 4) is 0 Å². The summed E-state index contributed by atoms with van der Waals surface area (Å²) in [5.41, 5.74) is 2.31. The molecule has 4 heteroatoms. The van der Waals surface area contributed by atoms with Gasteiger partial charge in [0.1, 0.15) is 0 Å². The highest BCUT2D eigenvalue weighted by Gasteiger charge is 1.98. The summed E-state index contributed by atoms with van der Waals surface area (Å²) >= 11 is 5.94. The first-order chi connectivity index (χ1) is 7.63. The number of benzene rings is 1. The van der Waals surface area contributed by atoms with E-state index >= 15 is 0 Å². The minimum atomic E-state index is -0.677. The van der Waals surface area contributed by atoms with Crippen molar-refractivity contribution in [2.75, 3.05) is 18.1 Å². The van der Waals surface area contributed by atoms with Gasteiger partial charge < -0.3 is 5.32 Å². The summed E-state index contributed by atoms with van der Waals surface area (Å²) in [6.07, 6.45) is 0. The molecule has 0 aliphatic carbocycles. The standard InChI is InChI=1S/C12H18ClNOS/c1-3-16(15)7-6-14-9-11-4-5-12(13)10(2)8-11/h4-5,8,14H,3,6-7,9H2,1-2H3. The predicted molar refractivity (Wildman–Crippen MR) is 71.4 cm³/mol. The van der Waals surface area contributed by atoms with Crippen LogP contribution in [0.1, 0.15) is 18.1 Å². The number of hydrogen-bond donors (Lipinski definition) is 1. The minimum Gasteiger partial charge on any atom is -0.312 e. The lowest BCUT2D eigenvalue weighted by atomic mass is 10.1. The highest BCUT2D eigenvalue weighted by Crippen LogP contribution is 2.15. The molecule has 16 heavy (non-hydrogen) atoms. The van der Waals surface area contributed by atoms with Gasteiger partial charge >= 0.3 is 0 Å². The lowest BCUT2D eigenvalue weighted by Gasteiger charge is -2.06. The molecule has 0 fully saturated rings. The molecule has 0 radical (unpaired) electrons. The van der Waals surface area contributed by atoms with Gasteiger partial charge in [-0.2, -0.15) is 0 Å². The molecule has 0 aliphatic heterocycles. The predicted octanol–water partition coefficient (Wildman–Crippen LogP) is 2.51. The molecule has 0 heterocycles. The van der Waals surface area contributed by atoms with E-state index < -0.39 is 10.8 Å². The van der Waals surface area contributed by atoms with Crippen molar-refractivity contribution in [2.24, 2.45) is 0 Å². The van der Waals surface area contributed by atoms with Crippen molar-refractivity contribution in [1.82, 2.24) is 5.32 Å². The van der Waals surface area contributed by atoms with E-state index in [9.17, 15) is 4.21 Å². The molecule has 2 nitrogen and oxygen atoms in total. The zero-order chi connectivity index (χ0) is 12.0. The number of halogens is 1. The van der Waals surface area contributed by atoms with E-state index in [0.717, 1.165) is 35.2 Å². The van der Waals surface area contributed by atoms with Gasteiger partial charge in [-0.1, -0.05) is 30.7 Å². The largest absolute Gasteiger partial charge is 0.312 e. The smallest absolute Gasteiger partial charge is 0.0435 e. The van der Waals surface area contributed by atoms with Crippen LogP contribution in [0.15, 0.2) is 18.2 Å². The minimum absolute atomic E-state index is 0.677. The fraction of sp³-hybridized carbons (Fsp3) is 0.500. The van der Waals surface area contributed by atoms with Crippen molar-refractivity contribution in [2.45, 2.75) is 20.4 Å². The molecule has 1 N–H and O–H groups in total. The molecular weight excluding hydrogens is 242 g/mol. The Kier molecular flexibility index (Phi) is 6.03. The summed E-state index contributed by atoms with van der Waals surface area (Å²) in [6.45, 7) is 5.54. The fourth-order valence-electron chi connectivity index (χ4n) is 1.38. The second-order valence-corrected chi connectivity index (χ2v) is 5.97. The third-order valence-corrected chi connectivity index (χ3v) is 4.11. The Labute approximate surface area is 105 Å². The molecule has 0 bridgehead atoms. The van der Waals surface area contributed by atoms with E-state index in [4.69, 9.17) is 11.6 Å². The normalized spacial score (nSPS) is 12.7. The van der Waals surface area contributed by atoms with Crippen LogP contribution >= 0.6 is 11.6 Å². The summed E-state index contributed by atoms with van der Waals surface area (Å²) in [7, 11) is -0.677. The van der Waals surface area contributed by atoms with E-state index in [1.807, 2.05) is 26.0 Å². The summed E-state index contributed by atoms with van der Waals surface area (Å²) in [4.78, 5) is 0. The number of hydrogen-bond acceptors (Lipinski definition) is 2. The van der Waals surface area contributed by atoms with Crippen molar-refractivity contribution in [3.05, 3.63) is 34.3 Å². The fourth-order valence-corrected chi connectivity index (χ4v) is 2.16. The van der Waals surface area contributed by atoms with Crippen LogP contribution in [0.4, 0.5) is 0 Å². The van der Waals surface area contributed by atoms with Gasteiger partial charge in [0, 0.05) is 40.4 Å². The molecule has 0 spiro atoms. The van der Waals surface area contributed by atoms with Crippen LogP contribution in [0.2, 0.25) is 5.02 Å². The lowest BCUT2D eigenvalue weighted by Crippen LogP contribution is -2.20. The summed E-state index contributed by atoms with van der Waals surface area (Å²) in [6, 6.07) is 6.00. The number of aryl methyl sites for hydroxylation is 1. The first-order valence-electron chi connectivity index (χ1n) is 5.44. The van der Waals surface area contributed by atoms with Gasteiger partial charge in [0.2, 0.25) is 0 Å². The maximum absolute atomic E-state index is 11.2. The molecule has 1 aromatic carbocycles. The van der Waals surface area contributed by atoms with Crippen LogP contribution in [-0.2, 0) is 17.3 Å². The second-order valence-electron chi connectivity index (χ2n) is 3.69. The SMILES string of the molecule is CCS(=O)CCNCc1ccc(Cl)c(C)c1. The average molecular weight is 260 g/mol. The van der Waals surface area contributed by atoms with Crippen LogP contribution < -0.4 is 5.32 Å². The van der Waals surface area contributed by atoms with Crippen LogP contribution in [0.5, 0.6) is 0 Å². The second kappa shape index (κ2) is 7.05. The molecule has 0 aliphatic rings. The first kappa shape index (κ1) is 13.7. The van der Waals surface area contributed by atoms with Crippen LogP contribution in [0.3, 0.4) is 0 Å². The van der Waals surface area contributed by atoms with Crippen LogP contribution in [0.25, 0.3) is 0 Å². The van der Waals surface area contributed by atoms with Crippen molar-refractivity contribution in [1.29, 1.82) is 0 Å². The Morgan fingerprint density at radius 1 is 1.44 bits per heavy atom. The lowest BCUT2D eigenvalue weighted by molar-refractivity contribution is 0.674. The quantitative estimate of drug-likeness (QED) is 0.796. The Morgan fingerprint density at radius 3 is 2.81 bits per heavy atom. The molecular formula is C12H18ClNOS. The Balaban J connectivity index is 2.32. The van der Waals surface area contributed by atoms with Crippen molar-refractivity contribution in [3.63, 3.8) is 0 Å². The van der Waals surface area contributed by atoms with Gasteiger partial charge in [-0.15, -0.1) is 0 Å². The van der Waals surface area contributed by atoms with Gasteiger partial charge in [0.05, 0.1) is 0 Å². The summed E-state index contributed by atoms with van der Waals surface area (Å²) < 4.78 is 11.2. The molecule has 0 aromatic heterocycles. The van der Waals surface area contributed by atoms with Gasteiger partial charge in [-0.05, 0) is 24.1 Å². The molecule has 0 saturated heterocycles. The van der Waals surface area contributed by atoms with Gasteiger partial charge in [-0.3, -0.25) is 4.21 Å². The Hall–Kier alpha value is -0.380. The maximum atomic E-state index is 11.2. The molecule has 1 rings (SSSR count). The van der Waals surface area contributed by atoms with Crippen molar-refractivity contribution >= 4 is 22.4 Å². The maximum Gasteiger partial charge on any atom is 0.0435 e. The number of rotatable bonds is 6. The zero-order valence-electron chi connectivity index (χ0n) is 9.75. The third kappa shape index (κ3) is 4.64. The van der Waals surface area contributed by atoms with E-state index in [1.165, 1.54) is 5.56 Å². The molecule has 1 atom stereocenters. The molecule has 0 amide bonds. The van der Waals surface area contributed by atoms with Crippen LogP contribution in [0, 0.1) is 6.92 Å². The van der Waals surface area contributed by atoms with E-state index in [1.54, 1.807) is 0 Å². The third-order valence-electron chi connectivity index (χ3n) is 2.38. The molecule has 1 unspecified atom stereocenters. The Bertz CT molecular complexity index is 368. The van der Waals surface area contributed by atoms with Gasteiger partial charge in [-0.25, -0.2) is 0 Å². The monoisotopic (exact) mass is 259 g/mol. The molecule has 0 saturated carbocycles. The zero-order valence-corrected chi connectivity index (χ0v) is 11.3. The van der Waals surface area contributed by atoms with Gasteiger partial charge in [0.25, 0.3) is 0 Å². The highest BCUT2D eigenvalue weighted by atomic mass is 35.5. The summed E-state index contributed by atoms with van der Waals surface area (Å²) in [5.74, 6) is 1.46. The topological polar surface area (TPSA) is 29.1 Å². The van der Waals surface area contributed by atoms with E-state index in [0.29, 0.717) is 0 Å². The highest BCUT2D eigenvalue weighted by molar-refractivity contribution is 7.84. The van der Waals surface area contributed by atoms with Crippen molar-refractivity contribution < 1.29 is 4.21 Å². The van der Waals surface area contributed by atoms with E-state index in [-0.39, 0.29) is 0 Å². The summed E-state index contributed by atoms with van der Waals surface area (Å²) in [5, 5.41) is 4.08.